The normalized spacial score (nSPS) is 13.4. The maximum absolute atomic E-state index is 12.2. The van der Waals surface area contributed by atoms with Crippen molar-refractivity contribution in [3.63, 3.8) is 0 Å². The zero-order chi connectivity index (χ0) is 16.9. The number of hydrogen-bond acceptors (Lipinski definition) is 9. The number of esters is 1. The van der Waals surface area contributed by atoms with Gasteiger partial charge in [0, 0.05) is 5.38 Å². The largest absolute Gasteiger partial charge is 0.455 e. The van der Waals surface area contributed by atoms with Crippen LogP contribution >= 0.6 is 11.3 Å². The number of amides is 1. The number of aromatic nitrogens is 1. The van der Waals surface area contributed by atoms with Crippen molar-refractivity contribution < 1.29 is 19.2 Å². The van der Waals surface area contributed by atoms with E-state index in [1.807, 2.05) is 5.43 Å². The van der Waals surface area contributed by atoms with E-state index >= 15 is 0 Å². The Kier molecular flexibility index (Phi) is 5.83. The smallest absolute Gasteiger partial charge is 0.363 e. The van der Waals surface area contributed by atoms with E-state index in [1.165, 1.54) is 12.3 Å². The zero-order valence-electron chi connectivity index (χ0n) is 12.7. The lowest BCUT2D eigenvalue weighted by molar-refractivity contribution is -0.146. The number of oxime groups is 1. The van der Waals surface area contributed by atoms with Gasteiger partial charge in [0.25, 0.3) is 5.91 Å². The molecule has 0 saturated heterocycles. The van der Waals surface area contributed by atoms with Crippen LogP contribution in [0.2, 0.25) is 0 Å². The summed E-state index contributed by atoms with van der Waals surface area (Å²) in [4.78, 5) is 32.4. The summed E-state index contributed by atoms with van der Waals surface area (Å²) in [7, 11) is 0. The molecule has 0 aliphatic heterocycles. The number of nitrogens with one attached hydrogen (secondary N) is 1. The van der Waals surface area contributed by atoms with Crippen molar-refractivity contribution in [2.24, 2.45) is 11.0 Å². The van der Waals surface area contributed by atoms with Crippen LogP contribution in [-0.4, -0.2) is 34.3 Å². The van der Waals surface area contributed by atoms with Gasteiger partial charge in [-0.15, -0.1) is 11.3 Å². The number of thiazole rings is 1. The fourth-order valence-corrected chi connectivity index (χ4v) is 1.76. The molecule has 0 aliphatic rings. The molecule has 1 aromatic rings. The summed E-state index contributed by atoms with van der Waals surface area (Å²) < 4.78 is 5.23. The lowest BCUT2D eigenvalue weighted by Crippen LogP contribution is -2.38. The van der Waals surface area contributed by atoms with Gasteiger partial charge in [0.15, 0.2) is 5.13 Å². The number of carbonyl (C=O) groups is 2. The third-order valence-electron chi connectivity index (χ3n) is 2.17. The van der Waals surface area contributed by atoms with Crippen LogP contribution in [0.5, 0.6) is 0 Å². The van der Waals surface area contributed by atoms with Gasteiger partial charge < -0.3 is 15.3 Å². The minimum Gasteiger partial charge on any atom is -0.455 e. The van der Waals surface area contributed by atoms with Crippen LogP contribution in [0.3, 0.4) is 0 Å². The molecule has 0 aromatic carbocycles. The molecule has 0 bridgehead atoms. The molecule has 1 unspecified atom stereocenters. The summed E-state index contributed by atoms with van der Waals surface area (Å²) in [6.45, 7) is 6.56. The van der Waals surface area contributed by atoms with E-state index in [9.17, 15) is 9.59 Å². The topological polar surface area (TPSA) is 142 Å². The second-order valence-corrected chi connectivity index (χ2v) is 6.16. The van der Waals surface area contributed by atoms with Crippen molar-refractivity contribution in [2.45, 2.75) is 39.4 Å². The van der Waals surface area contributed by atoms with Crippen LogP contribution < -0.4 is 17.0 Å². The minimum absolute atomic E-state index is 0.181. The summed E-state index contributed by atoms with van der Waals surface area (Å²) in [6, 6.07) is 0. The lowest BCUT2D eigenvalue weighted by atomic mass is 10.2. The van der Waals surface area contributed by atoms with E-state index in [0.717, 1.165) is 11.3 Å². The molecule has 1 amide bonds. The lowest BCUT2D eigenvalue weighted by Gasteiger charge is -2.19. The van der Waals surface area contributed by atoms with E-state index in [1.54, 1.807) is 20.8 Å². The highest BCUT2D eigenvalue weighted by atomic mass is 32.1. The molecular weight excluding hydrogens is 310 g/mol. The van der Waals surface area contributed by atoms with Gasteiger partial charge in [-0.25, -0.2) is 15.6 Å². The monoisotopic (exact) mass is 329 g/mol. The van der Waals surface area contributed by atoms with Crippen LogP contribution in [0.4, 0.5) is 5.13 Å². The first-order valence-electron chi connectivity index (χ1n) is 6.33. The molecule has 1 heterocycles. The van der Waals surface area contributed by atoms with Crippen molar-refractivity contribution >= 4 is 34.1 Å². The maximum atomic E-state index is 12.2. The predicted octanol–water partition coefficient (Wildman–Crippen LogP) is 0.166. The van der Waals surface area contributed by atoms with E-state index < -0.39 is 23.6 Å². The van der Waals surface area contributed by atoms with Crippen LogP contribution in [0, 0.1) is 0 Å². The summed E-state index contributed by atoms with van der Waals surface area (Å²) in [6.07, 6.45) is -0.988. The summed E-state index contributed by atoms with van der Waals surface area (Å²) in [5.74, 6) is 3.66. The Morgan fingerprint density at radius 2 is 2.09 bits per heavy atom. The Morgan fingerprint density at radius 3 is 2.55 bits per heavy atom. The van der Waals surface area contributed by atoms with Gasteiger partial charge in [-0.3, -0.25) is 10.2 Å². The fraction of sp³-hybridized carbons (Fsp3) is 0.500. The molecule has 1 rings (SSSR count). The molecule has 5 N–H and O–H groups in total. The first-order valence-corrected chi connectivity index (χ1v) is 7.21. The standard InChI is InChI=1S/C12H19N5O4S/c1-6(9(18)16-14)21-17-8(7-5-22-11(13)15-7)10(19)20-12(2,3)4/h5-6H,14H2,1-4H3,(H2,13,15)(H,16,18). The van der Waals surface area contributed by atoms with Crippen molar-refractivity contribution in [2.75, 3.05) is 5.73 Å². The molecule has 22 heavy (non-hydrogen) atoms. The van der Waals surface area contributed by atoms with E-state index in [2.05, 4.69) is 10.1 Å². The number of hydrogen-bond donors (Lipinski definition) is 3. The van der Waals surface area contributed by atoms with Gasteiger partial charge >= 0.3 is 5.97 Å². The van der Waals surface area contributed by atoms with E-state index in [4.69, 9.17) is 21.2 Å². The number of nitrogens with zero attached hydrogens (tertiary/aromatic N) is 2. The van der Waals surface area contributed by atoms with Crippen LogP contribution in [0.15, 0.2) is 10.5 Å². The predicted molar refractivity (Wildman–Crippen MR) is 81.8 cm³/mol. The van der Waals surface area contributed by atoms with Gasteiger partial charge in [-0.05, 0) is 27.7 Å². The zero-order valence-corrected chi connectivity index (χ0v) is 13.6. The minimum atomic E-state index is -0.988. The first kappa shape index (κ1) is 17.9. The number of anilines is 1. The Balaban J connectivity index is 3.01. The number of ether oxygens (including phenoxy) is 1. The molecule has 0 fully saturated rings. The van der Waals surface area contributed by atoms with Crippen molar-refractivity contribution in [3.8, 4) is 0 Å². The molecule has 0 saturated carbocycles. The van der Waals surface area contributed by atoms with E-state index in [-0.39, 0.29) is 16.5 Å². The number of nitrogen functional groups attached to an aromatic ring is 1. The molecule has 122 valence electrons. The van der Waals surface area contributed by atoms with Gasteiger partial charge in [0.2, 0.25) is 11.8 Å². The Labute approximate surface area is 131 Å². The molecule has 9 nitrogen and oxygen atoms in total. The average Bonchev–Trinajstić information content (AvgIpc) is 2.82. The second-order valence-electron chi connectivity index (χ2n) is 5.27. The third-order valence-corrected chi connectivity index (χ3v) is 2.84. The molecule has 1 atom stereocenters. The Morgan fingerprint density at radius 1 is 1.45 bits per heavy atom. The second kappa shape index (κ2) is 7.18. The number of carbonyl (C=O) groups excluding carboxylic acids is 2. The molecule has 0 radical (unpaired) electrons. The third kappa shape index (κ3) is 5.30. The van der Waals surface area contributed by atoms with Gasteiger partial charge in [-0.1, -0.05) is 5.16 Å². The summed E-state index contributed by atoms with van der Waals surface area (Å²) in [5, 5.41) is 5.47. The molecule has 0 spiro atoms. The number of rotatable bonds is 5. The SMILES string of the molecule is CC(ON=C(C(=O)OC(C)(C)C)c1csc(N)n1)C(=O)NN. The van der Waals surface area contributed by atoms with Crippen molar-refractivity contribution in [1.29, 1.82) is 0 Å². The van der Waals surface area contributed by atoms with Gasteiger partial charge in [-0.2, -0.15) is 0 Å². The highest BCUT2D eigenvalue weighted by molar-refractivity contribution is 7.13. The first-order chi connectivity index (χ1) is 10.1. The van der Waals surface area contributed by atoms with Gasteiger partial charge in [0.05, 0.1) is 0 Å². The molecular formula is C12H19N5O4S. The quantitative estimate of drug-likeness (QED) is 0.230. The van der Waals surface area contributed by atoms with Crippen molar-refractivity contribution in [1.82, 2.24) is 10.4 Å². The van der Waals surface area contributed by atoms with Crippen LogP contribution in [0.1, 0.15) is 33.4 Å². The Hall–Kier alpha value is -2.20. The summed E-state index contributed by atoms with van der Waals surface area (Å²) in [5.41, 5.74) is 6.77. The molecule has 1 aromatic heterocycles. The number of hydrazine groups is 1. The average molecular weight is 329 g/mol. The Bertz CT molecular complexity index is 578. The van der Waals surface area contributed by atoms with Crippen LogP contribution in [-0.2, 0) is 19.2 Å². The molecule has 0 aliphatic carbocycles. The van der Waals surface area contributed by atoms with Gasteiger partial charge in [0.1, 0.15) is 11.3 Å². The maximum Gasteiger partial charge on any atom is 0.363 e. The molecule has 10 heteroatoms. The van der Waals surface area contributed by atoms with Crippen molar-refractivity contribution in [3.05, 3.63) is 11.1 Å². The highest BCUT2D eigenvalue weighted by Gasteiger charge is 2.26. The summed E-state index contributed by atoms with van der Waals surface area (Å²) >= 11 is 1.14. The highest BCUT2D eigenvalue weighted by Crippen LogP contribution is 2.15. The van der Waals surface area contributed by atoms with E-state index in [0.29, 0.717) is 0 Å². The fourth-order valence-electron chi connectivity index (χ4n) is 1.21. The van der Waals surface area contributed by atoms with Crippen LogP contribution in [0.25, 0.3) is 0 Å². The number of nitrogens with two attached hydrogens (primary N) is 2.